The molecule has 2 aliphatic rings. The molecular formula is C11H15F6N. The number of rotatable bonds is 2. The fraction of sp³-hybridized carbons (Fsp3) is 1.00. The van der Waals surface area contributed by atoms with Crippen molar-refractivity contribution in [1.82, 2.24) is 5.32 Å². The predicted molar refractivity (Wildman–Crippen MR) is 53.0 cm³/mol. The van der Waals surface area contributed by atoms with Crippen molar-refractivity contribution < 1.29 is 26.3 Å². The van der Waals surface area contributed by atoms with Crippen LogP contribution in [0.3, 0.4) is 0 Å². The van der Waals surface area contributed by atoms with E-state index in [0.29, 0.717) is 12.8 Å². The molecule has 2 aliphatic carbocycles. The zero-order valence-electron chi connectivity index (χ0n) is 9.67. The first kappa shape index (κ1) is 14.0. The Morgan fingerprint density at radius 2 is 1.44 bits per heavy atom. The second-order valence-electron chi connectivity index (χ2n) is 5.26. The summed E-state index contributed by atoms with van der Waals surface area (Å²) in [5.41, 5.74) is -2.06. The van der Waals surface area contributed by atoms with E-state index in [-0.39, 0.29) is 25.7 Å². The Balaban J connectivity index is 2.07. The van der Waals surface area contributed by atoms with E-state index in [1.807, 2.05) is 0 Å². The summed E-state index contributed by atoms with van der Waals surface area (Å²) in [5.74, 6) is -1.65. The standard InChI is InChI=1S/C11H15F6N/c12-10(13,14)7-3-1-2-4-8(7)18-9(5-6-9)11(15,16)17/h7-8,18H,1-6H2. The molecule has 7 heteroatoms. The maximum absolute atomic E-state index is 12.8. The van der Waals surface area contributed by atoms with Gasteiger partial charge in [-0.25, -0.2) is 0 Å². The summed E-state index contributed by atoms with van der Waals surface area (Å²) in [6, 6.07) is -1.09. The highest BCUT2D eigenvalue weighted by Crippen LogP contribution is 2.51. The van der Waals surface area contributed by atoms with Crippen LogP contribution in [0, 0.1) is 5.92 Å². The van der Waals surface area contributed by atoms with E-state index in [0.717, 1.165) is 0 Å². The molecule has 0 aromatic heterocycles. The van der Waals surface area contributed by atoms with Crippen LogP contribution >= 0.6 is 0 Å². The molecule has 0 saturated heterocycles. The highest BCUT2D eigenvalue weighted by molar-refractivity contribution is 5.10. The van der Waals surface area contributed by atoms with E-state index in [4.69, 9.17) is 0 Å². The molecule has 18 heavy (non-hydrogen) atoms. The van der Waals surface area contributed by atoms with Crippen molar-refractivity contribution in [3.8, 4) is 0 Å². The molecule has 2 unspecified atom stereocenters. The lowest BCUT2D eigenvalue weighted by Crippen LogP contribution is -2.55. The monoisotopic (exact) mass is 275 g/mol. The van der Waals surface area contributed by atoms with Crippen LogP contribution in [0.2, 0.25) is 0 Å². The molecule has 0 amide bonds. The SMILES string of the molecule is FC(F)(F)C1CCCCC1NC1(C(F)(F)F)CC1. The predicted octanol–water partition coefficient (Wildman–Crippen LogP) is 3.79. The summed E-state index contributed by atoms with van der Waals surface area (Å²) in [4.78, 5) is 0. The van der Waals surface area contributed by atoms with Gasteiger partial charge in [0.05, 0.1) is 5.92 Å². The Bertz CT molecular complexity index is 304. The van der Waals surface area contributed by atoms with Gasteiger partial charge in [0.2, 0.25) is 0 Å². The van der Waals surface area contributed by atoms with Crippen LogP contribution in [-0.4, -0.2) is 23.9 Å². The molecule has 2 fully saturated rings. The second kappa shape index (κ2) is 4.28. The third kappa shape index (κ3) is 2.60. The number of hydrogen-bond donors (Lipinski definition) is 1. The molecule has 0 heterocycles. The highest BCUT2D eigenvalue weighted by atomic mass is 19.4. The summed E-state index contributed by atoms with van der Waals surface area (Å²) >= 11 is 0. The molecule has 0 aromatic rings. The van der Waals surface area contributed by atoms with Crippen molar-refractivity contribution in [1.29, 1.82) is 0 Å². The topological polar surface area (TPSA) is 12.0 Å². The normalized spacial score (nSPS) is 32.3. The van der Waals surface area contributed by atoms with Gasteiger partial charge in [0.15, 0.2) is 0 Å². The maximum Gasteiger partial charge on any atom is 0.406 e. The van der Waals surface area contributed by atoms with E-state index in [1.54, 1.807) is 0 Å². The van der Waals surface area contributed by atoms with Crippen LogP contribution in [0.15, 0.2) is 0 Å². The summed E-state index contributed by atoms with van der Waals surface area (Å²) in [6.07, 6.45) is -8.02. The summed E-state index contributed by atoms with van der Waals surface area (Å²) in [5, 5.41) is 2.26. The van der Waals surface area contributed by atoms with Crippen molar-refractivity contribution in [3.63, 3.8) is 0 Å². The molecule has 2 saturated carbocycles. The average molecular weight is 275 g/mol. The molecule has 0 aliphatic heterocycles. The lowest BCUT2D eigenvalue weighted by molar-refractivity contribution is -0.201. The molecule has 106 valence electrons. The first-order chi connectivity index (χ1) is 8.16. The minimum atomic E-state index is -4.46. The molecular weight excluding hydrogens is 260 g/mol. The molecule has 2 atom stereocenters. The molecule has 0 radical (unpaired) electrons. The smallest absolute Gasteiger partial charge is 0.300 e. The Morgan fingerprint density at radius 3 is 1.89 bits per heavy atom. The first-order valence-corrected chi connectivity index (χ1v) is 6.07. The Hall–Kier alpha value is -0.460. The lowest BCUT2D eigenvalue weighted by atomic mass is 9.83. The van der Waals surface area contributed by atoms with Gasteiger partial charge in [-0.05, 0) is 25.7 Å². The minimum Gasteiger partial charge on any atom is -0.300 e. The molecule has 0 spiro atoms. The number of halogens is 6. The summed E-state index contributed by atoms with van der Waals surface area (Å²) < 4.78 is 76.5. The van der Waals surface area contributed by atoms with Crippen LogP contribution in [0.5, 0.6) is 0 Å². The second-order valence-corrected chi connectivity index (χ2v) is 5.26. The fourth-order valence-corrected chi connectivity index (χ4v) is 2.68. The Labute approximate surface area is 101 Å². The Morgan fingerprint density at radius 1 is 0.889 bits per heavy atom. The molecule has 2 rings (SSSR count). The number of alkyl halides is 6. The van der Waals surface area contributed by atoms with E-state index in [9.17, 15) is 26.3 Å². The molecule has 0 aromatic carbocycles. The van der Waals surface area contributed by atoms with Gasteiger partial charge in [0.25, 0.3) is 0 Å². The number of nitrogens with one attached hydrogen (secondary N) is 1. The third-order valence-corrected chi connectivity index (χ3v) is 3.94. The fourth-order valence-electron chi connectivity index (χ4n) is 2.68. The van der Waals surface area contributed by atoms with Crippen LogP contribution < -0.4 is 5.32 Å². The molecule has 1 nitrogen and oxygen atoms in total. The Kier molecular flexibility index (Phi) is 3.32. The zero-order chi connectivity index (χ0) is 13.6. The quantitative estimate of drug-likeness (QED) is 0.756. The van der Waals surface area contributed by atoms with Gasteiger partial charge >= 0.3 is 12.4 Å². The van der Waals surface area contributed by atoms with Crippen LogP contribution in [0.4, 0.5) is 26.3 Å². The van der Waals surface area contributed by atoms with Crippen molar-refractivity contribution in [3.05, 3.63) is 0 Å². The van der Waals surface area contributed by atoms with E-state index < -0.39 is 29.9 Å². The minimum absolute atomic E-state index is 0.0743. The van der Waals surface area contributed by atoms with Gasteiger partial charge in [-0.15, -0.1) is 0 Å². The van der Waals surface area contributed by atoms with E-state index in [2.05, 4.69) is 5.32 Å². The first-order valence-electron chi connectivity index (χ1n) is 6.07. The highest BCUT2D eigenvalue weighted by Gasteiger charge is 2.64. The van der Waals surface area contributed by atoms with Gasteiger partial charge in [-0.1, -0.05) is 12.8 Å². The van der Waals surface area contributed by atoms with Crippen molar-refractivity contribution in [2.24, 2.45) is 5.92 Å². The molecule has 1 N–H and O–H groups in total. The molecule has 0 bridgehead atoms. The van der Waals surface area contributed by atoms with Crippen LogP contribution in [0.1, 0.15) is 38.5 Å². The van der Waals surface area contributed by atoms with E-state index >= 15 is 0 Å². The van der Waals surface area contributed by atoms with Gasteiger partial charge in [0, 0.05) is 6.04 Å². The van der Waals surface area contributed by atoms with E-state index in [1.165, 1.54) is 0 Å². The van der Waals surface area contributed by atoms with Gasteiger partial charge in [-0.3, -0.25) is 0 Å². The van der Waals surface area contributed by atoms with Gasteiger partial charge in [0.1, 0.15) is 5.54 Å². The maximum atomic E-state index is 12.8. The number of hydrogen-bond acceptors (Lipinski definition) is 1. The summed E-state index contributed by atoms with van der Waals surface area (Å²) in [6.45, 7) is 0. The summed E-state index contributed by atoms with van der Waals surface area (Å²) in [7, 11) is 0. The largest absolute Gasteiger partial charge is 0.406 e. The van der Waals surface area contributed by atoms with Crippen molar-refractivity contribution >= 4 is 0 Å². The van der Waals surface area contributed by atoms with Crippen molar-refractivity contribution in [2.75, 3.05) is 0 Å². The third-order valence-electron chi connectivity index (χ3n) is 3.94. The van der Waals surface area contributed by atoms with Crippen molar-refractivity contribution in [2.45, 2.75) is 62.5 Å². The van der Waals surface area contributed by atoms with Gasteiger partial charge < -0.3 is 5.32 Å². The van der Waals surface area contributed by atoms with Crippen LogP contribution in [-0.2, 0) is 0 Å². The average Bonchev–Trinajstić information content (AvgIpc) is 2.97. The van der Waals surface area contributed by atoms with Gasteiger partial charge in [-0.2, -0.15) is 26.3 Å². The lowest BCUT2D eigenvalue weighted by Gasteiger charge is -2.37. The zero-order valence-corrected chi connectivity index (χ0v) is 9.67. The van der Waals surface area contributed by atoms with Crippen LogP contribution in [0.25, 0.3) is 0 Å².